The first-order valence-electron chi connectivity index (χ1n) is 7.13. The highest BCUT2D eigenvalue weighted by molar-refractivity contribution is 7.89. The van der Waals surface area contributed by atoms with Crippen LogP contribution in [0.2, 0.25) is 0 Å². The molecule has 1 aliphatic carbocycles. The van der Waals surface area contributed by atoms with Crippen LogP contribution in [0.4, 0.5) is 0 Å². The highest BCUT2D eigenvalue weighted by Gasteiger charge is 2.35. The smallest absolute Gasteiger partial charge is 0.243 e. The van der Waals surface area contributed by atoms with Crippen molar-refractivity contribution in [2.75, 3.05) is 13.6 Å². The van der Waals surface area contributed by atoms with Crippen molar-refractivity contribution in [3.05, 3.63) is 29.3 Å². The Kier molecular flexibility index (Phi) is 4.52. The molecule has 20 heavy (non-hydrogen) atoms. The van der Waals surface area contributed by atoms with Crippen molar-refractivity contribution < 1.29 is 8.42 Å². The minimum atomic E-state index is -3.43. The zero-order chi connectivity index (χ0) is 14.9. The standard InChI is InChI=1S/C15H24N2O2S/c1-11-7-8-14(9-12(11)2)20(18,19)17(3)15-6-4-5-13(15)10-16/h7-9,13,15H,4-6,10,16H2,1-3H3. The summed E-state index contributed by atoms with van der Waals surface area (Å²) in [7, 11) is -1.74. The number of hydrogen-bond donors (Lipinski definition) is 1. The van der Waals surface area contributed by atoms with E-state index in [0.717, 1.165) is 30.4 Å². The van der Waals surface area contributed by atoms with Crippen LogP contribution < -0.4 is 5.73 Å². The Labute approximate surface area is 122 Å². The predicted octanol–water partition coefficient (Wildman–Crippen LogP) is 2.05. The van der Waals surface area contributed by atoms with Crippen molar-refractivity contribution in [1.82, 2.24) is 4.31 Å². The van der Waals surface area contributed by atoms with E-state index >= 15 is 0 Å². The average molecular weight is 296 g/mol. The lowest BCUT2D eigenvalue weighted by Gasteiger charge is -2.28. The fraction of sp³-hybridized carbons (Fsp3) is 0.600. The lowest BCUT2D eigenvalue weighted by Crippen LogP contribution is -2.41. The monoisotopic (exact) mass is 296 g/mol. The largest absolute Gasteiger partial charge is 0.330 e. The SMILES string of the molecule is Cc1ccc(S(=O)(=O)N(C)C2CCCC2CN)cc1C. The molecule has 1 fully saturated rings. The van der Waals surface area contributed by atoms with E-state index in [4.69, 9.17) is 5.73 Å². The molecule has 1 aliphatic rings. The number of nitrogens with zero attached hydrogens (tertiary/aromatic N) is 1. The molecule has 0 aliphatic heterocycles. The topological polar surface area (TPSA) is 63.4 Å². The van der Waals surface area contributed by atoms with Gasteiger partial charge in [0.05, 0.1) is 4.90 Å². The number of sulfonamides is 1. The van der Waals surface area contributed by atoms with Crippen LogP contribution in [0.25, 0.3) is 0 Å². The highest BCUT2D eigenvalue weighted by Crippen LogP contribution is 2.32. The second-order valence-electron chi connectivity index (χ2n) is 5.76. The van der Waals surface area contributed by atoms with Gasteiger partial charge in [0.15, 0.2) is 0 Å². The van der Waals surface area contributed by atoms with E-state index in [2.05, 4.69) is 0 Å². The molecule has 1 aromatic rings. The Bertz CT molecular complexity index is 584. The molecule has 0 heterocycles. The lowest BCUT2D eigenvalue weighted by molar-refractivity contribution is 0.304. The van der Waals surface area contributed by atoms with Gasteiger partial charge in [0.1, 0.15) is 0 Å². The van der Waals surface area contributed by atoms with Gasteiger partial charge in [0.2, 0.25) is 10.0 Å². The van der Waals surface area contributed by atoms with Crippen LogP contribution in [-0.2, 0) is 10.0 Å². The number of nitrogens with two attached hydrogens (primary N) is 1. The van der Waals surface area contributed by atoms with Crippen LogP contribution in [0.15, 0.2) is 23.1 Å². The van der Waals surface area contributed by atoms with Gasteiger partial charge in [0, 0.05) is 13.1 Å². The van der Waals surface area contributed by atoms with Crippen LogP contribution in [-0.4, -0.2) is 32.4 Å². The quantitative estimate of drug-likeness (QED) is 0.925. The third kappa shape index (κ3) is 2.75. The molecule has 2 unspecified atom stereocenters. The summed E-state index contributed by atoms with van der Waals surface area (Å²) < 4.78 is 27.0. The van der Waals surface area contributed by atoms with Crippen LogP contribution in [0.1, 0.15) is 30.4 Å². The zero-order valence-corrected chi connectivity index (χ0v) is 13.3. The Morgan fingerprint density at radius 2 is 1.95 bits per heavy atom. The van der Waals surface area contributed by atoms with Crippen molar-refractivity contribution in [3.8, 4) is 0 Å². The molecule has 4 nitrogen and oxygen atoms in total. The second kappa shape index (κ2) is 5.84. The molecule has 1 saturated carbocycles. The van der Waals surface area contributed by atoms with Crippen LogP contribution in [0, 0.1) is 19.8 Å². The van der Waals surface area contributed by atoms with Crippen molar-refractivity contribution in [2.45, 2.75) is 44.0 Å². The van der Waals surface area contributed by atoms with Gasteiger partial charge in [-0.25, -0.2) is 8.42 Å². The molecule has 0 aromatic heterocycles. The maximum atomic E-state index is 12.7. The number of benzene rings is 1. The fourth-order valence-electron chi connectivity index (χ4n) is 2.99. The first-order chi connectivity index (χ1) is 9.37. The molecular formula is C15H24N2O2S. The van der Waals surface area contributed by atoms with Gasteiger partial charge in [-0.05, 0) is 62.4 Å². The van der Waals surface area contributed by atoms with E-state index in [1.54, 1.807) is 19.2 Å². The van der Waals surface area contributed by atoms with E-state index in [-0.39, 0.29) is 12.0 Å². The Morgan fingerprint density at radius 3 is 2.55 bits per heavy atom. The van der Waals surface area contributed by atoms with Crippen molar-refractivity contribution in [3.63, 3.8) is 0 Å². The molecule has 0 amide bonds. The molecule has 2 N–H and O–H groups in total. The fourth-order valence-corrected chi connectivity index (χ4v) is 4.52. The number of rotatable bonds is 4. The van der Waals surface area contributed by atoms with Crippen LogP contribution in [0.5, 0.6) is 0 Å². The predicted molar refractivity (Wildman–Crippen MR) is 81.0 cm³/mol. The van der Waals surface area contributed by atoms with Crippen LogP contribution >= 0.6 is 0 Å². The van der Waals surface area contributed by atoms with Gasteiger partial charge in [-0.15, -0.1) is 0 Å². The zero-order valence-electron chi connectivity index (χ0n) is 12.5. The Morgan fingerprint density at radius 1 is 1.25 bits per heavy atom. The Hall–Kier alpha value is -0.910. The second-order valence-corrected chi connectivity index (χ2v) is 7.76. The molecule has 5 heteroatoms. The normalized spacial score (nSPS) is 23.4. The molecule has 0 spiro atoms. The first-order valence-corrected chi connectivity index (χ1v) is 8.57. The van der Waals surface area contributed by atoms with E-state index in [0.29, 0.717) is 11.4 Å². The van der Waals surface area contributed by atoms with Crippen molar-refractivity contribution in [2.24, 2.45) is 11.7 Å². The van der Waals surface area contributed by atoms with Crippen molar-refractivity contribution >= 4 is 10.0 Å². The maximum Gasteiger partial charge on any atom is 0.243 e. The minimum absolute atomic E-state index is 0.0339. The van der Waals surface area contributed by atoms with Gasteiger partial charge in [-0.2, -0.15) is 4.31 Å². The summed E-state index contributed by atoms with van der Waals surface area (Å²) in [5.41, 5.74) is 7.87. The number of hydrogen-bond acceptors (Lipinski definition) is 3. The van der Waals surface area contributed by atoms with Gasteiger partial charge < -0.3 is 5.73 Å². The molecule has 2 atom stereocenters. The Balaban J connectivity index is 2.31. The van der Waals surface area contributed by atoms with E-state index in [1.165, 1.54) is 4.31 Å². The summed E-state index contributed by atoms with van der Waals surface area (Å²) in [6.45, 7) is 4.47. The van der Waals surface area contributed by atoms with Gasteiger partial charge >= 0.3 is 0 Å². The third-order valence-corrected chi connectivity index (χ3v) is 6.42. The molecule has 1 aromatic carbocycles. The maximum absolute atomic E-state index is 12.7. The van der Waals surface area contributed by atoms with Gasteiger partial charge in [0.25, 0.3) is 0 Å². The molecule has 2 rings (SSSR count). The summed E-state index contributed by atoms with van der Waals surface area (Å²) in [5.74, 6) is 0.279. The molecular weight excluding hydrogens is 272 g/mol. The minimum Gasteiger partial charge on any atom is -0.330 e. The van der Waals surface area contributed by atoms with Crippen LogP contribution in [0.3, 0.4) is 0 Å². The summed E-state index contributed by atoms with van der Waals surface area (Å²) in [6, 6.07) is 5.35. The summed E-state index contributed by atoms with van der Waals surface area (Å²) >= 11 is 0. The molecule has 112 valence electrons. The number of aryl methyl sites for hydroxylation is 2. The first kappa shape index (κ1) is 15.5. The summed E-state index contributed by atoms with van der Waals surface area (Å²) in [6.07, 6.45) is 2.98. The van der Waals surface area contributed by atoms with E-state index < -0.39 is 10.0 Å². The van der Waals surface area contributed by atoms with E-state index in [1.807, 2.05) is 19.9 Å². The molecule has 0 saturated heterocycles. The third-order valence-electron chi connectivity index (χ3n) is 4.54. The average Bonchev–Trinajstić information content (AvgIpc) is 2.88. The van der Waals surface area contributed by atoms with Gasteiger partial charge in [-0.1, -0.05) is 12.5 Å². The highest BCUT2D eigenvalue weighted by atomic mass is 32.2. The lowest BCUT2D eigenvalue weighted by atomic mass is 10.0. The molecule has 0 radical (unpaired) electrons. The summed E-state index contributed by atoms with van der Waals surface area (Å²) in [5, 5.41) is 0. The van der Waals surface area contributed by atoms with E-state index in [9.17, 15) is 8.42 Å². The van der Waals surface area contributed by atoms with Gasteiger partial charge in [-0.3, -0.25) is 0 Å². The van der Waals surface area contributed by atoms with Crippen molar-refractivity contribution in [1.29, 1.82) is 0 Å². The molecule has 0 bridgehead atoms. The summed E-state index contributed by atoms with van der Waals surface area (Å²) in [4.78, 5) is 0.380.